The van der Waals surface area contributed by atoms with Crippen LogP contribution in [0.5, 0.6) is 0 Å². The highest BCUT2D eigenvalue weighted by molar-refractivity contribution is 7.89. The molecular formula is C18H20N4O4S. The zero-order valence-corrected chi connectivity index (χ0v) is 15.9. The number of fused-ring (bicyclic) bond motifs is 2. The third-order valence-corrected chi connectivity index (χ3v) is 7.08. The number of ether oxygens (including phenoxy) is 1. The van der Waals surface area contributed by atoms with Crippen molar-refractivity contribution in [2.45, 2.75) is 30.3 Å². The summed E-state index contributed by atoms with van der Waals surface area (Å²) in [6.07, 6.45) is 2.56. The van der Waals surface area contributed by atoms with Crippen molar-refractivity contribution >= 4 is 21.8 Å². The molecule has 1 aromatic heterocycles. The van der Waals surface area contributed by atoms with E-state index in [-0.39, 0.29) is 17.0 Å². The van der Waals surface area contributed by atoms with Crippen LogP contribution in [0.1, 0.15) is 22.6 Å². The first-order valence-electron chi connectivity index (χ1n) is 8.66. The second kappa shape index (κ2) is 6.58. The fourth-order valence-electron chi connectivity index (χ4n) is 3.78. The Hall–Kier alpha value is -2.52. The first-order valence-corrected chi connectivity index (χ1v) is 10.1. The van der Waals surface area contributed by atoms with Crippen LogP contribution in [0.25, 0.3) is 0 Å². The van der Waals surface area contributed by atoms with E-state index in [1.165, 1.54) is 31.4 Å². The van der Waals surface area contributed by atoms with E-state index in [0.29, 0.717) is 24.5 Å². The first kappa shape index (κ1) is 17.9. The van der Waals surface area contributed by atoms with E-state index in [1.807, 2.05) is 13.0 Å². The molecule has 3 saturated heterocycles. The molecule has 9 heteroatoms. The van der Waals surface area contributed by atoms with Gasteiger partial charge in [0.15, 0.2) is 0 Å². The molecule has 0 amide bonds. The van der Waals surface area contributed by atoms with Gasteiger partial charge in [0, 0.05) is 31.4 Å². The van der Waals surface area contributed by atoms with E-state index in [0.717, 1.165) is 12.2 Å². The van der Waals surface area contributed by atoms with Crippen LogP contribution in [0.3, 0.4) is 0 Å². The Balaban J connectivity index is 1.52. The van der Waals surface area contributed by atoms with Crippen LogP contribution in [-0.2, 0) is 14.8 Å². The van der Waals surface area contributed by atoms with Crippen molar-refractivity contribution in [1.82, 2.24) is 14.3 Å². The van der Waals surface area contributed by atoms with Crippen LogP contribution in [0.15, 0.2) is 41.4 Å². The standard InChI is InChI=1S/C18H20N4O4S/c1-12-19-8-7-17(20-12)21-10-14-9-15(11-21)22(14)27(24,25)16-5-3-13(4-6-16)18(23)26-2/h3-8,14-15H,9-11H2,1-2H3. The van der Waals surface area contributed by atoms with Gasteiger partial charge in [-0.25, -0.2) is 23.2 Å². The van der Waals surface area contributed by atoms with Crippen LogP contribution >= 0.6 is 0 Å². The van der Waals surface area contributed by atoms with Crippen molar-refractivity contribution < 1.29 is 17.9 Å². The minimum Gasteiger partial charge on any atom is -0.465 e. The molecule has 3 aliphatic heterocycles. The second-order valence-electron chi connectivity index (χ2n) is 6.76. The van der Waals surface area contributed by atoms with Gasteiger partial charge in [-0.15, -0.1) is 0 Å². The molecule has 0 N–H and O–H groups in total. The van der Waals surface area contributed by atoms with E-state index in [2.05, 4.69) is 19.6 Å². The molecular weight excluding hydrogens is 368 g/mol. The Kier molecular flexibility index (Phi) is 4.35. The van der Waals surface area contributed by atoms with E-state index < -0.39 is 16.0 Å². The molecule has 2 atom stereocenters. The number of aryl methyl sites for hydroxylation is 1. The highest BCUT2D eigenvalue weighted by Gasteiger charge is 2.51. The van der Waals surface area contributed by atoms with Crippen molar-refractivity contribution in [3.63, 3.8) is 0 Å². The van der Waals surface area contributed by atoms with Gasteiger partial charge in [-0.1, -0.05) is 0 Å². The number of sulfonamides is 1. The third-order valence-electron chi connectivity index (χ3n) is 5.06. The molecule has 0 spiro atoms. The average molecular weight is 388 g/mol. The van der Waals surface area contributed by atoms with Gasteiger partial charge in [0.05, 0.1) is 17.6 Å². The van der Waals surface area contributed by atoms with E-state index in [4.69, 9.17) is 0 Å². The largest absolute Gasteiger partial charge is 0.465 e. The Labute approximate surface area is 157 Å². The van der Waals surface area contributed by atoms with Gasteiger partial charge < -0.3 is 9.64 Å². The molecule has 3 aliphatic rings. The lowest BCUT2D eigenvalue weighted by atomic mass is 9.91. The number of piperazine rings is 1. The molecule has 2 aromatic rings. The smallest absolute Gasteiger partial charge is 0.337 e. The summed E-state index contributed by atoms with van der Waals surface area (Å²) in [4.78, 5) is 22.4. The predicted octanol–water partition coefficient (Wildman–Crippen LogP) is 1.22. The minimum absolute atomic E-state index is 0.0793. The fraction of sp³-hybridized carbons (Fsp3) is 0.389. The van der Waals surface area contributed by atoms with Crippen LogP contribution in [0, 0.1) is 6.92 Å². The average Bonchev–Trinajstić information content (AvgIpc) is 2.67. The first-order chi connectivity index (χ1) is 12.9. The lowest BCUT2D eigenvalue weighted by Gasteiger charge is -2.55. The highest BCUT2D eigenvalue weighted by atomic mass is 32.2. The van der Waals surface area contributed by atoms with Crippen LogP contribution in [0.4, 0.5) is 5.82 Å². The maximum absolute atomic E-state index is 13.0. The lowest BCUT2D eigenvalue weighted by Crippen LogP contribution is -2.70. The maximum Gasteiger partial charge on any atom is 0.337 e. The number of benzene rings is 1. The van der Waals surface area contributed by atoms with Crippen LogP contribution < -0.4 is 4.90 Å². The van der Waals surface area contributed by atoms with E-state index in [9.17, 15) is 13.2 Å². The van der Waals surface area contributed by atoms with Crippen molar-refractivity contribution in [3.05, 3.63) is 47.9 Å². The SMILES string of the molecule is COC(=O)c1ccc(S(=O)(=O)N2C3CC2CN(c2ccnc(C)n2)C3)cc1. The molecule has 2 bridgehead atoms. The van der Waals surface area contributed by atoms with Crippen molar-refractivity contribution in [2.24, 2.45) is 0 Å². The lowest BCUT2D eigenvalue weighted by molar-refractivity contribution is 0.0600. The summed E-state index contributed by atoms with van der Waals surface area (Å²) in [7, 11) is -2.31. The number of aromatic nitrogens is 2. The Morgan fingerprint density at radius 3 is 2.41 bits per heavy atom. The Morgan fingerprint density at radius 1 is 1.15 bits per heavy atom. The summed E-state index contributed by atoms with van der Waals surface area (Å²) in [5.74, 6) is 1.04. The number of hydrogen-bond acceptors (Lipinski definition) is 7. The number of rotatable bonds is 4. The quantitative estimate of drug-likeness (QED) is 0.727. The van der Waals surface area contributed by atoms with Gasteiger partial charge in [-0.2, -0.15) is 4.31 Å². The summed E-state index contributed by atoms with van der Waals surface area (Å²) in [5.41, 5.74) is 0.325. The summed E-state index contributed by atoms with van der Waals surface area (Å²) in [6.45, 7) is 3.04. The molecule has 3 fully saturated rings. The van der Waals surface area contributed by atoms with Crippen molar-refractivity contribution in [3.8, 4) is 0 Å². The van der Waals surface area contributed by atoms with Gasteiger partial charge in [0.1, 0.15) is 11.6 Å². The van der Waals surface area contributed by atoms with Crippen molar-refractivity contribution in [2.75, 3.05) is 25.1 Å². The van der Waals surface area contributed by atoms with Crippen LogP contribution in [-0.4, -0.2) is 60.9 Å². The summed E-state index contributed by atoms with van der Waals surface area (Å²) < 4.78 is 32.3. The van der Waals surface area contributed by atoms with Gasteiger partial charge >= 0.3 is 5.97 Å². The van der Waals surface area contributed by atoms with Gasteiger partial charge in [-0.05, 0) is 43.7 Å². The fourth-order valence-corrected chi connectivity index (χ4v) is 5.59. The predicted molar refractivity (Wildman–Crippen MR) is 98.0 cm³/mol. The maximum atomic E-state index is 13.0. The van der Waals surface area contributed by atoms with E-state index in [1.54, 1.807) is 10.5 Å². The molecule has 5 rings (SSSR count). The molecule has 2 unspecified atom stereocenters. The molecule has 0 radical (unpaired) electrons. The molecule has 27 heavy (non-hydrogen) atoms. The summed E-state index contributed by atoms with van der Waals surface area (Å²) >= 11 is 0. The van der Waals surface area contributed by atoms with Gasteiger partial charge in [0.25, 0.3) is 0 Å². The number of nitrogens with zero attached hydrogens (tertiary/aromatic N) is 4. The number of methoxy groups -OCH3 is 1. The number of piperidine rings is 1. The molecule has 4 heterocycles. The Morgan fingerprint density at radius 2 is 1.81 bits per heavy atom. The zero-order chi connectivity index (χ0) is 19.2. The number of anilines is 1. The Bertz CT molecular complexity index is 965. The molecule has 142 valence electrons. The monoisotopic (exact) mass is 388 g/mol. The molecule has 1 aromatic carbocycles. The molecule has 0 aliphatic carbocycles. The molecule has 8 nitrogen and oxygen atoms in total. The topological polar surface area (TPSA) is 92.7 Å². The van der Waals surface area contributed by atoms with Crippen molar-refractivity contribution in [1.29, 1.82) is 0 Å². The van der Waals surface area contributed by atoms with Gasteiger partial charge in [-0.3, -0.25) is 0 Å². The number of hydrogen-bond donors (Lipinski definition) is 0. The normalized spacial score (nSPS) is 22.2. The zero-order valence-electron chi connectivity index (χ0n) is 15.1. The third kappa shape index (κ3) is 3.06. The van der Waals surface area contributed by atoms with Gasteiger partial charge in [0.2, 0.25) is 10.0 Å². The number of carbonyl (C=O) groups is 1. The number of carbonyl (C=O) groups excluding carboxylic acids is 1. The second-order valence-corrected chi connectivity index (χ2v) is 8.60. The number of esters is 1. The molecule has 0 saturated carbocycles. The summed E-state index contributed by atoms with van der Waals surface area (Å²) in [5, 5.41) is 0. The van der Waals surface area contributed by atoms with Crippen LogP contribution in [0.2, 0.25) is 0 Å². The summed E-state index contributed by atoms with van der Waals surface area (Å²) in [6, 6.07) is 7.56. The highest BCUT2D eigenvalue weighted by Crippen LogP contribution is 2.38. The minimum atomic E-state index is -3.60. The van der Waals surface area contributed by atoms with E-state index >= 15 is 0 Å².